The molecule has 0 aliphatic heterocycles. The van der Waals surface area contributed by atoms with Gasteiger partial charge in [0.05, 0.1) is 21.8 Å². The molecule has 0 saturated heterocycles. The minimum Gasteiger partial charge on any atom is -0.507 e. The molecule has 2 amide bonds. The van der Waals surface area contributed by atoms with Crippen LogP contribution in [0.15, 0.2) is 54.6 Å². The number of carbonyl (C=O) groups is 2. The van der Waals surface area contributed by atoms with E-state index in [1.807, 2.05) is 6.92 Å². The molecule has 4 aromatic rings. The molecule has 0 spiro atoms. The number of aromatic nitrogens is 2. The molecule has 146 valence electrons. The van der Waals surface area contributed by atoms with Crippen molar-refractivity contribution < 1.29 is 19.1 Å². The Morgan fingerprint density at radius 3 is 2.48 bits per heavy atom. The molecule has 0 unspecified atom stereocenters. The second kappa shape index (κ2) is 7.36. The molecule has 0 aliphatic rings. The van der Waals surface area contributed by atoms with Gasteiger partial charge in [0.25, 0.3) is 11.8 Å². The molecule has 2 aromatic heterocycles. The molecule has 2 heterocycles. The molecule has 0 saturated carbocycles. The summed E-state index contributed by atoms with van der Waals surface area (Å²) in [6, 6.07) is 13.6. The lowest BCUT2D eigenvalue weighted by Gasteiger charge is -2.07. The Labute approximate surface area is 168 Å². The number of hydrogen-bond acceptors (Lipinski definition) is 5. The number of amides is 2. The fraction of sp³-hybridized carbons (Fsp3) is 0.0500. The molecule has 29 heavy (non-hydrogen) atoms. The standard InChI is InChI=1S/C20H15FN4O3S/c1-11-15-10-17(19(28)23-22-18(27)14-4-2-3-5-16(14)26)29-20(15)25(24-11)13-8-6-12(21)7-9-13/h2-10,26H,1H3,(H,22,27)(H,23,28). The lowest BCUT2D eigenvalue weighted by molar-refractivity contribution is 0.0847. The molecule has 0 aliphatic carbocycles. The highest BCUT2D eigenvalue weighted by atomic mass is 32.1. The Balaban J connectivity index is 1.56. The first kappa shape index (κ1) is 18.6. The first-order chi connectivity index (χ1) is 13.9. The van der Waals surface area contributed by atoms with E-state index in [0.717, 1.165) is 15.9 Å². The van der Waals surface area contributed by atoms with Crippen LogP contribution in [0.4, 0.5) is 4.39 Å². The number of halogens is 1. The maximum absolute atomic E-state index is 13.2. The zero-order valence-electron chi connectivity index (χ0n) is 15.1. The van der Waals surface area contributed by atoms with E-state index in [9.17, 15) is 19.1 Å². The number of phenolic OH excluding ortho intramolecular Hbond substituents is 1. The minimum absolute atomic E-state index is 0.0481. The number of carbonyl (C=O) groups excluding carboxylic acids is 2. The van der Waals surface area contributed by atoms with Gasteiger partial charge < -0.3 is 5.11 Å². The molecule has 0 fully saturated rings. The molecule has 9 heteroatoms. The number of hydrogen-bond donors (Lipinski definition) is 3. The molecule has 0 radical (unpaired) electrons. The number of hydrazine groups is 1. The number of fused-ring (bicyclic) bond motifs is 1. The summed E-state index contributed by atoms with van der Waals surface area (Å²) < 4.78 is 14.8. The Morgan fingerprint density at radius 2 is 1.76 bits per heavy atom. The maximum atomic E-state index is 13.2. The van der Waals surface area contributed by atoms with Gasteiger partial charge >= 0.3 is 0 Å². The topological polar surface area (TPSA) is 96.3 Å². The van der Waals surface area contributed by atoms with Gasteiger partial charge in [-0.1, -0.05) is 12.1 Å². The summed E-state index contributed by atoms with van der Waals surface area (Å²) in [7, 11) is 0. The van der Waals surface area contributed by atoms with E-state index in [1.54, 1.807) is 35.0 Å². The highest BCUT2D eigenvalue weighted by molar-refractivity contribution is 7.20. The zero-order valence-corrected chi connectivity index (χ0v) is 16.0. The quantitative estimate of drug-likeness (QED) is 0.452. The number of aromatic hydroxyl groups is 1. The van der Waals surface area contributed by atoms with E-state index in [1.165, 1.54) is 35.6 Å². The number of nitrogens with one attached hydrogen (secondary N) is 2. The number of benzene rings is 2. The van der Waals surface area contributed by atoms with E-state index in [-0.39, 0.29) is 17.1 Å². The third-order valence-electron chi connectivity index (χ3n) is 4.28. The number of para-hydroxylation sites is 1. The van der Waals surface area contributed by atoms with Crippen molar-refractivity contribution in [2.75, 3.05) is 0 Å². The van der Waals surface area contributed by atoms with Crippen molar-refractivity contribution in [1.82, 2.24) is 20.6 Å². The van der Waals surface area contributed by atoms with Crippen LogP contribution in [0.2, 0.25) is 0 Å². The van der Waals surface area contributed by atoms with Gasteiger partial charge in [0.15, 0.2) is 0 Å². The van der Waals surface area contributed by atoms with Crippen molar-refractivity contribution in [2.24, 2.45) is 0 Å². The summed E-state index contributed by atoms with van der Waals surface area (Å²) in [6.07, 6.45) is 0. The summed E-state index contributed by atoms with van der Waals surface area (Å²) in [5.41, 5.74) is 6.07. The normalized spacial score (nSPS) is 10.8. The number of rotatable bonds is 3. The zero-order chi connectivity index (χ0) is 20.5. The summed E-state index contributed by atoms with van der Waals surface area (Å²) in [5.74, 6) is -1.66. The Morgan fingerprint density at radius 1 is 1.07 bits per heavy atom. The fourth-order valence-electron chi connectivity index (χ4n) is 2.82. The highest BCUT2D eigenvalue weighted by Crippen LogP contribution is 2.30. The molecule has 2 aromatic carbocycles. The van der Waals surface area contributed by atoms with Crippen LogP contribution in [-0.2, 0) is 0 Å². The van der Waals surface area contributed by atoms with Crippen molar-refractivity contribution in [3.8, 4) is 11.4 Å². The van der Waals surface area contributed by atoms with E-state index in [2.05, 4.69) is 16.0 Å². The van der Waals surface area contributed by atoms with E-state index < -0.39 is 11.8 Å². The Hall–Kier alpha value is -3.72. The van der Waals surface area contributed by atoms with Crippen LogP contribution in [0.1, 0.15) is 25.7 Å². The van der Waals surface area contributed by atoms with Gasteiger partial charge in [-0.25, -0.2) is 9.07 Å². The van der Waals surface area contributed by atoms with Gasteiger partial charge in [-0.05, 0) is 49.4 Å². The maximum Gasteiger partial charge on any atom is 0.279 e. The smallest absolute Gasteiger partial charge is 0.279 e. The number of aryl methyl sites for hydroxylation is 1. The molecule has 4 rings (SSSR count). The average molecular weight is 410 g/mol. The van der Waals surface area contributed by atoms with Crippen molar-refractivity contribution >= 4 is 33.4 Å². The largest absolute Gasteiger partial charge is 0.507 e. The highest BCUT2D eigenvalue weighted by Gasteiger charge is 2.18. The van der Waals surface area contributed by atoms with Gasteiger partial charge in [-0.3, -0.25) is 20.4 Å². The number of nitrogens with zero attached hydrogens (tertiary/aromatic N) is 2. The molecule has 0 atom stereocenters. The van der Waals surface area contributed by atoms with Crippen LogP contribution in [0.5, 0.6) is 5.75 Å². The SMILES string of the molecule is Cc1nn(-c2ccc(F)cc2)c2sc(C(=O)NNC(=O)c3ccccc3O)cc12. The van der Waals surface area contributed by atoms with Gasteiger partial charge in [-0.2, -0.15) is 5.10 Å². The van der Waals surface area contributed by atoms with Crippen molar-refractivity contribution in [2.45, 2.75) is 6.92 Å². The summed E-state index contributed by atoms with van der Waals surface area (Å²) in [6.45, 7) is 1.82. The fourth-order valence-corrected chi connectivity index (χ4v) is 3.90. The van der Waals surface area contributed by atoms with Crippen molar-refractivity contribution in [3.63, 3.8) is 0 Å². The van der Waals surface area contributed by atoms with Gasteiger partial charge in [-0.15, -0.1) is 11.3 Å². The average Bonchev–Trinajstić information content (AvgIpc) is 3.28. The van der Waals surface area contributed by atoms with E-state index >= 15 is 0 Å². The lowest BCUT2D eigenvalue weighted by Crippen LogP contribution is -2.41. The van der Waals surface area contributed by atoms with Gasteiger partial charge in [0.1, 0.15) is 16.4 Å². The summed E-state index contributed by atoms with van der Waals surface area (Å²) >= 11 is 1.20. The first-order valence-corrected chi connectivity index (χ1v) is 9.39. The van der Waals surface area contributed by atoms with Crippen LogP contribution < -0.4 is 10.9 Å². The predicted octanol–water partition coefficient (Wildman–Crippen LogP) is 3.31. The van der Waals surface area contributed by atoms with Crippen molar-refractivity contribution in [1.29, 1.82) is 0 Å². The second-order valence-corrected chi connectivity index (χ2v) is 7.26. The van der Waals surface area contributed by atoms with Crippen LogP contribution in [0.25, 0.3) is 15.9 Å². The van der Waals surface area contributed by atoms with Crippen molar-refractivity contribution in [3.05, 3.63) is 76.5 Å². The van der Waals surface area contributed by atoms with Crippen LogP contribution in [0, 0.1) is 12.7 Å². The van der Waals surface area contributed by atoms with Crippen LogP contribution in [-0.4, -0.2) is 26.7 Å². The van der Waals surface area contributed by atoms with Gasteiger partial charge in [0.2, 0.25) is 0 Å². The Kier molecular flexibility index (Phi) is 4.73. The molecular formula is C20H15FN4O3S. The lowest BCUT2D eigenvalue weighted by atomic mass is 10.2. The summed E-state index contributed by atoms with van der Waals surface area (Å²) in [4.78, 5) is 25.7. The summed E-state index contributed by atoms with van der Waals surface area (Å²) in [5, 5.41) is 15.0. The second-order valence-electron chi connectivity index (χ2n) is 6.23. The van der Waals surface area contributed by atoms with Gasteiger partial charge in [0, 0.05) is 5.39 Å². The molecule has 7 nitrogen and oxygen atoms in total. The van der Waals surface area contributed by atoms with Crippen LogP contribution >= 0.6 is 11.3 Å². The van der Waals surface area contributed by atoms with Crippen LogP contribution in [0.3, 0.4) is 0 Å². The third kappa shape index (κ3) is 3.55. The molecule has 3 N–H and O–H groups in total. The first-order valence-electron chi connectivity index (χ1n) is 8.58. The Bertz CT molecular complexity index is 1230. The number of thiophene rings is 1. The monoisotopic (exact) mass is 410 g/mol. The van der Waals surface area contributed by atoms with E-state index in [0.29, 0.717) is 10.6 Å². The predicted molar refractivity (Wildman–Crippen MR) is 107 cm³/mol. The molecule has 0 bridgehead atoms. The van der Waals surface area contributed by atoms with E-state index in [4.69, 9.17) is 0 Å². The third-order valence-corrected chi connectivity index (χ3v) is 5.39. The molecular weight excluding hydrogens is 395 g/mol. The number of phenols is 1. The minimum atomic E-state index is -0.633.